The van der Waals surface area contributed by atoms with E-state index in [2.05, 4.69) is 33.0 Å². The molecule has 0 fully saturated rings. The van der Waals surface area contributed by atoms with Gasteiger partial charge in [0.1, 0.15) is 5.82 Å². The smallest absolute Gasteiger partial charge is 0.220 e. The molecule has 0 bridgehead atoms. The summed E-state index contributed by atoms with van der Waals surface area (Å²) in [5.41, 5.74) is 1.05. The molecule has 1 amide bonds. The molecular formula is C16H24FNO. The average molecular weight is 265 g/mol. The van der Waals surface area contributed by atoms with E-state index in [-0.39, 0.29) is 17.1 Å². The van der Waals surface area contributed by atoms with Crippen LogP contribution in [0.15, 0.2) is 24.3 Å². The van der Waals surface area contributed by atoms with Gasteiger partial charge in [0.15, 0.2) is 0 Å². The fourth-order valence-corrected chi connectivity index (χ4v) is 1.70. The Morgan fingerprint density at radius 2 is 2.05 bits per heavy atom. The lowest BCUT2D eigenvalue weighted by molar-refractivity contribution is -0.122. The van der Waals surface area contributed by atoms with Crippen LogP contribution in [0.3, 0.4) is 0 Å². The molecule has 3 heteroatoms. The van der Waals surface area contributed by atoms with Gasteiger partial charge in [-0.15, -0.1) is 0 Å². The molecular weight excluding hydrogens is 241 g/mol. The second-order valence-corrected chi connectivity index (χ2v) is 6.20. The van der Waals surface area contributed by atoms with Gasteiger partial charge in [0.25, 0.3) is 0 Å². The molecule has 0 saturated heterocycles. The standard InChI is InChI=1S/C16H24FNO/c1-12(16(2,3)4)10-15(19)18-9-8-13-6-5-7-14(17)11-13/h5-7,11-12H,8-10H2,1-4H3,(H,18,19)/t12-/m0/s1. The maximum Gasteiger partial charge on any atom is 0.220 e. The maximum atomic E-state index is 13.0. The summed E-state index contributed by atoms with van der Waals surface area (Å²) >= 11 is 0. The third kappa shape index (κ3) is 5.86. The quantitative estimate of drug-likeness (QED) is 0.866. The Labute approximate surface area is 115 Å². The van der Waals surface area contributed by atoms with Crippen LogP contribution in [0.5, 0.6) is 0 Å². The van der Waals surface area contributed by atoms with E-state index in [9.17, 15) is 9.18 Å². The van der Waals surface area contributed by atoms with E-state index in [4.69, 9.17) is 0 Å². The van der Waals surface area contributed by atoms with Crippen molar-refractivity contribution in [2.24, 2.45) is 11.3 Å². The van der Waals surface area contributed by atoms with E-state index in [1.54, 1.807) is 6.07 Å². The minimum absolute atomic E-state index is 0.0684. The van der Waals surface area contributed by atoms with Crippen molar-refractivity contribution in [2.45, 2.75) is 40.5 Å². The largest absolute Gasteiger partial charge is 0.356 e. The molecule has 0 heterocycles. The summed E-state index contributed by atoms with van der Waals surface area (Å²) in [5.74, 6) is 0.172. The SMILES string of the molecule is C[C@@H](CC(=O)NCCc1cccc(F)c1)C(C)(C)C. The van der Waals surface area contributed by atoms with Gasteiger partial charge in [-0.05, 0) is 35.4 Å². The zero-order chi connectivity index (χ0) is 14.5. The van der Waals surface area contributed by atoms with E-state index in [1.807, 2.05) is 6.07 Å². The summed E-state index contributed by atoms with van der Waals surface area (Å²) in [7, 11) is 0. The van der Waals surface area contributed by atoms with Gasteiger partial charge in [0, 0.05) is 13.0 Å². The van der Waals surface area contributed by atoms with Crippen LogP contribution in [-0.4, -0.2) is 12.5 Å². The van der Waals surface area contributed by atoms with E-state index in [1.165, 1.54) is 12.1 Å². The predicted molar refractivity (Wildman–Crippen MR) is 76.3 cm³/mol. The monoisotopic (exact) mass is 265 g/mol. The molecule has 1 aromatic carbocycles. The number of halogens is 1. The fraction of sp³-hybridized carbons (Fsp3) is 0.562. The number of hydrogen-bond donors (Lipinski definition) is 1. The number of nitrogens with one attached hydrogen (secondary N) is 1. The summed E-state index contributed by atoms with van der Waals surface area (Å²) in [5, 5.41) is 2.89. The van der Waals surface area contributed by atoms with Crippen LogP contribution in [0.4, 0.5) is 4.39 Å². The topological polar surface area (TPSA) is 29.1 Å². The van der Waals surface area contributed by atoms with Crippen LogP contribution < -0.4 is 5.32 Å². The van der Waals surface area contributed by atoms with Crippen molar-refractivity contribution in [3.8, 4) is 0 Å². The number of benzene rings is 1. The van der Waals surface area contributed by atoms with Crippen molar-refractivity contribution in [3.63, 3.8) is 0 Å². The number of amides is 1. The van der Waals surface area contributed by atoms with Crippen molar-refractivity contribution >= 4 is 5.91 Å². The van der Waals surface area contributed by atoms with Gasteiger partial charge in [-0.25, -0.2) is 4.39 Å². The van der Waals surface area contributed by atoms with Crippen molar-refractivity contribution in [2.75, 3.05) is 6.54 Å². The zero-order valence-electron chi connectivity index (χ0n) is 12.3. The zero-order valence-corrected chi connectivity index (χ0v) is 12.3. The lowest BCUT2D eigenvalue weighted by atomic mass is 9.80. The van der Waals surface area contributed by atoms with E-state index >= 15 is 0 Å². The first kappa shape index (κ1) is 15.7. The van der Waals surface area contributed by atoms with Crippen LogP contribution in [0, 0.1) is 17.2 Å². The summed E-state index contributed by atoms with van der Waals surface area (Å²) in [6, 6.07) is 6.48. The molecule has 0 saturated carbocycles. The molecule has 0 aliphatic heterocycles. The Bertz CT molecular complexity index is 423. The summed E-state index contributed by atoms with van der Waals surface area (Å²) in [4.78, 5) is 11.8. The summed E-state index contributed by atoms with van der Waals surface area (Å²) < 4.78 is 13.0. The Morgan fingerprint density at radius 3 is 2.63 bits per heavy atom. The number of hydrogen-bond acceptors (Lipinski definition) is 1. The second kappa shape index (κ2) is 6.69. The second-order valence-electron chi connectivity index (χ2n) is 6.20. The third-order valence-electron chi connectivity index (χ3n) is 3.59. The fourth-order valence-electron chi connectivity index (χ4n) is 1.70. The first-order chi connectivity index (χ1) is 8.79. The molecule has 19 heavy (non-hydrogen) atoms. The van der Waals surface area contributed by atoms with E-state index < -0.39 is 0 Å². The van der Waals surface area contributed by atoms with Gasteiger partial charge in [0.2, 0.25) is 5.91 Å². The van der Waals surface area contributed by atoms with Gasteiger partial charge < -0.3 is 5.32 Å². The average Bonchev–Trinajstić information content (AvgIpc) is 2.27. The van der Waals surface area contributed by atoms with Crippen LogP contribution in [-0.2, 0) is 11.2 Å². The molecule has 1 aromatic rings. The van der Waals surface area contributed by atoms with Gasteiger partial charge in [-0.1, -0.05) is 39.8 Å². The van der Waals surface area contributed by atoms with Crippen LogP contribution in [0.1, 0.15) is 39.7 Å². The van der Waals surface area contributed by atoms with Gasteiger partial charge in [-0.3, -0.25) is 4.79 Å². The minimum atomic E-state index is -0.231. The van der Waals surface area contributed by atoms with E-state index in [0.717, 1.165) is 5.56 Å². The first-order valence-electron chi connectivity index (χ1n) is 6.80. The molecule has 0 radical (unpaired) electrons. The molecule has 0 aliphatic rings. The first-order valence-corrected chi connectivity index (χ1v) is 6.80. The lowest BCUT2D eigenvalue weighted by Gasteiger charge is -2.26. The summed E-state index contributed by atoms with van der Waals surface area (Å²) in [6.45, 7) is 9.05. The van der Waals surface area contributed by atoms with Crippen molar-refractivity contribution in [1.82, 2.24) is 5.32 Å². The van der Waals surface area contributed by atoms with Crippen molar-refractivity contribution in [3.05, 3.63) is 35.6 Å². The highest BCUT2D eigenvalue weighted by Crippen LogP contribution is 2.27. The number of carbonyl (C=O) groups is 1. The summed E-state index contributed by atoms with van der Waals surface area (Å²) in [6.07, 6.45) is 1.19. The van der Waals surface area contributed by atoms with Crippen molar-refractivity contribution in [1.29, 1.82) is 0 Å². The Morgan fingerprint density at radius 1 is 1.37 bits per heavy atom. The highest BCUT2D eigenvalue weighted by atomic mass is 19.1. The molecule has 0 unspecified atom stereocenters. The Kier molecular flexibility index (Phi) is 5.52. The molecule has 0 aliphatic carbocycles. The normalized spacial score (nSPS) is 13.1. The Balaban J connectivity index is 2.32. The molecule has 2 nitrogen and oxygen atoms in total. The molecule has 0 aromatic heterocycles. The molecule has 0 spiro atoms. The minimum Gasteiger partial charge on any atom is -0.356 e. The van der Waals surface area contributed by atoms with Crippen molar-refractivity contribution < 1.29 is 9.18 Å². The third-order valence-corrected chi connectivity index (χ3v) is 3.59. The van der Waals surface area contributed by atoms with Crippen LogP contribution >= 0.6 is 0 Å². The highest BCUT2D eigenvalue weighted by Gasteiger charge is 2.22. The lowest BCUT2D eigenvalue weighted by Crippen LogP contribution is -2.30. The highest BCUT2D eigenvalue weighted by molar-refractivity contribution is 5.76. The van der Waals surface area contributed by atoms with E-state index in [0.29, 0.717) is 25.3 Å². The maximum absolute atomic E-state index is 13.0. The molecule has 1 N–H and O–H groups in total. The molecule has 106 valence electrons. The van der Waals surface area contributed by atoms with Gasteiger partial charge in [-0.2, -0.15) is 0 Å². The van der Waals surface area contributed by atoms with Gasteiger partial charge >= 0.3 is 0 Å². The number of rotatable bonds is 5. The van der Waals surface area contributed by atoms with Gasteiger partial charge in [0.05, 0.1) is 0 Å². The molecule has 1 rings (SSSR count). The predicted octanol–water partition coefficient (Wildman–Crippen LogP) is 3.56. The molecule has 1 atom stereocenters. The Hall–Kier alpha value is -1.38. The number of carbonyl (C=O) groups excluding carboxylic acids is 1. The van der Waals surface area contributed by atoms with Crippen LogP contribution in [0.25, 0.3) is 0 Å². The van der Waals surface area contributed by atoms with Crippen LogP contribution in [0.2, 0.25) is 0 Å².